The second-order valence-corrected chi connectivity index (χ2v) is 7.98. The van der Waals surface area contributed by atoms with E-state index in [4.69, 9.17) is 10.3 Å². The zero-order valence-corrected chi connectivity index (χ0v) is 16.6. The van der Waals surface area contributed by atoms with Crippen LogP contribution >= 0.6 is 27.3 Å². The van der Waals surface area contributed by atoms with Crippen LogP contribution in [0.25, 0.3) is 21.0 Å². The van der Waals surface area contributed by atoms with Crippen molar-refractivity contribution in [3.8, 4) is 10.6 Å². The van der Waals surface area contributed by atoms with E-state index in [1.165, 1.54) is 16.2 Å². The van der Waals surface area contributed by atoms with Crippen LogP contribution in [0.5, 0.6) is 0 Å². The molecule has 0 aromatic carbocycles. The third-order valence-electron chi connectivity index (χ3n) is 2.85. The molecular formula is C15H17BrN6O2S. The molecule has 25 heavy (non-hydrogen) atoms. The molecule has 0 radical (unpaired) electrons. The van der Waals surface area contributed by atoms with Gasteiger partial charge in [-0.2, -0.15) is 0 Å². The Hall–Kier alpha value is -2.16. The lowest BCUT2D eigenvalue weighted by Gasteiger charge is -2.25. The lowest BCUT2D eigenvalue weighted by molar-refractivity contribution is 0.0582. The molecule has 0 saturated carbocycles. The zero-order valence-electron chi connectivity index (χ0n) is 14.2. The van der Waals surface area contributed by atoms with Gasteiger partial charge in [0.1, 0.15) is 22.3 Å². The molecule has 0 fully saturated rings. The molecule has 0 saturated heterocycles. The molecule has 132 valence electrons. The van der Waals surface area contributed by atoms with Crippen molar-refractivity contribution < 1.29 is 9.53 Å². The van der Waals surface area contributed by atoms with E-state index in [1.54, 1.807) is 40.1 Å². The largest absolute Gasteiger partial charge is 0.443 e. The fourth-order valence-corrected chi connectivity index (χ4v) is 3.30. The Morgan fingerprint density at radius 2 is 2.20 bits per heavy atom. The minimum atomic E-state index is -0.665. The number of ether oxygens (including phenoxy) is 1. The van der Waals surface area contributed by atoms with Gasteiger partial charge in [-0.3, -0.25) is 9.88 Å². The van der Waals surface area contributed by atoms with Gasteiger partial charge in [0, 0.05) is 27.3 Å². The van der Waals surface area contributed by atoms with Crippen LogP contribution in [0.3, 0.4) is 0 Å². The second kappa shape index (κ2) is 7.81. The molecule has 1 amide bonds. The van der Waals surface area contributed by atoms with Crippen LogP contribution in [0.1, 0.15) is 26.5 Å². The van der Waals surface area contributed by atoms with Crippen LogP contribution in [0.2, 0.25) is 0 Å². The fraction of sp³-hybridized carbons (Fsp3) is 0.400. The third kappa shape index (κ3) is 5.15. The molecule has 0 aliphatic carbocycles. The van der Waals surface area contributed by atoms with Crippen molar-refractivity contribution in [2.24, 2.45) is 5.11 Å². The summed E-state index contributed by atoms with van der Waals surface area (Å²) in [6, 6.07) is 1.89. The fourth-order valence-electron chi connectivity index (χ4n) is 1.90. The number of carbonyl (C=O) groups is 1. The summed E-state index contributed by atoms with van der Waals surface area (Å²) in [4.78, 5) is 25.1. The smallest absolute Gasteiger partial charge is 0.415 e. The van der Waals surface area contributed by atoms with Crippen molar-refractivity contribution >= 4 is 38.4 Å². The van der Waals surface area contributed by atoms with Crippen LogP contribution in [0.4, 0.5) is 9.80 Å². The Balaban J connectivity index is 2.40. The van der Waals surface area contributed by atoms with Crippen molar-refractivity contribution in [3.63, 3.8) is 0 Å². The number of amides is 1. The van der Waals surface area contributed by atoms with E-state index >= 15 is 0 Å². The highest BCUT2D eigenvalue weighted by Crippen LogP contribution is 2.35. The highest BCUT2D eigenvalue weighted by Gasteiger charge is 2.26. The summed E-state index contributed by atoms with van der Waals surface area (Å²) < 4.78 is 6.23. The molecule has 8 nitrogen and oxygen atoms in total. The van der Waals surface area contributed by atoms with Gasteiger partial charge >= 0.3 is 6.09 Å². The van der Waals surface area contributed by atoms with E-state index in [2.05, 4.69) is 35.9 Å². The molecule has 0 atom stereocenters. The standard InChI is InChI=1S/C15H17BrN6O2S/c1-9-13(22(8-19-21-17)14(23)24-15(2,3)4)25-12(20-9)10-5-11(16)7-18-6-10/h5-7H,8H2,1-4H3. The number of hydrogen-bond donors (Lipinski definition) is 0. The first-order valence-corrected chi connectivity index (χ1v) is 8.92. The maximum Gasteiger partial charge on any atom is 0.415 e. The summed E-state index contributed by atoms with van der Waals surface area (Å²) in [6.45, 7) is 6.93. The Labute approximate surface area is 157 Å². The molecule has 10 heteroatoms. The summed E-state index contributed by atoms with van der Waals surface area (Å²) in [7, 11) is 0. The van der Waals surface area contributed by atoms with Gasteiger partial charge in [0.15, 0.2) is 0 Å². The number of anilines is 1. The average Bonchev–Trinajstić information content (AvgIpc) is 2.88. The zero-order chi connectivity index (χ0) is 18.6. The number of thiazole rings is 1. The van der Waals surface area contributed by atoms with Gasteiger partial charge in [0.25, 0.3) is 0 Å². The summed E-state index contributed by atoms with van der Waals surface area (Å²) in [5.41, 5.74) is 9.41. The van der Waals surface area contributed by atoms with Crippen molar-refractivity contribution in [1.82, 2.24) is 9.97 Å². The van der Waals surface area contributed by atoms with Crippen molar-refractivity contribution in [2.45, 2.75) is 33.3 Å². The highest BCUT2D eigenvalue weighted by atomic mass is 79.9. The number of aromatic nitrogens is 2. The maximum absolute atomic E-state index is 12.5. The molecule has 0 aliphatic heterocycles. The van der Waals surface area contributed by atoms with Gasteiger partial charge in [-0.1, -0.05) is 16.5 Å². The van der Waals surface area contributed by atoms with Crippen molar-refractivity contribution in [1.29, 1.82) is 0 Å². The van der Waals surface area contributed by atoms with E-state index < -0.39 is 11.7 Å². The minimum Gasteiger partial charge on any atom is -0.443 e. The number of aryl methyl sites for hydroxylation is 1. The Morgan fingerprint density at radius 1 is 1.48 bits per heavy atom. The van der Waals surface area contributed by atoms with Crippen LogP contribution < -0.4 is 4.90 Å². The average molecular weight is 425 g/mol. The number of halogens is 1. The predicted octanol–water partition coefficient (Wildman–Crippen LogP) is 5.29. The number of hydrogen-bond acceptors (Lipinski definition) is 6. The molecular weight excluding hydrogens is 408 g/mol. The number of pyridine rings is 1. The second-order valence-electron chi connectivity index (χ2n) is 6.08. The molecule has 2 rings (SSSR count). The number of rotatable bonds is 4. The van der Waals surface area contributed by atoms with Crippen molar-refractivity contribution in [2.75, 3.05) is 11.6 Å². The van der Waals surface area contributed by atoms with E-state index in [1.807, 2.05) is 6.07 Å². The number of azide groups is 1. The number of carbonyl (C=O) groups excluding carboxylic acids is 1. The SMILES string of the molecule is Cc1nc(-c2cncc(Br)c2)sc1N(CN=[N+]=[N-])C(=O)OC(C)(C)C. The van der Waals surface area contributed by atoms with Crippen LogP contribution in [-0.2, 0) is 4.74 Å². The van der Waals surface area contributed by atoms with Gasteiger partial charge in [-0.15, -0.1) is 0 Å². The first-order valence-electron chi connectivity index (χ1n) is 7.31. The van der Waals surface area contributed by atoms with E-state index in [9.17, 15) is 4.79 Å². The van der Waals surface area contributed by atoms with E-state index in [-0.39, 0.29) is 6.67 Å². The van der Waals surface area contributed by atoms with Crippen LogP contribution in [-0.4, -0.2) is 28.3 Å². The molecule has 2 heterocycles. The van der Waals surface area contributed by atoms with E-state index in [0.717, 1.165) is 10.0 Å². The monoisotopic (exact) mass is 424 g/mol. The molecule has 0 spiro atoms. The predicted molar refractivity (Wildman–Crippen MR) is 101 cm³/mol. The summed E-state index contributed by atoms with van der Waals surface area (Å²) in [5, 5.41) is 4.77. The van der Waals surface area contributed by atoms with E-state index in [0.29, 0.717) is 15.7 Å². The molecule has 2 aromatic heterocycles. The maximum atomic E-state index is 12.5. The summed E-state index contributed by atoms with van der Waals surface area (Å²) >= 11 is 4.68. The van der Waals surface area contributed by atoms with Gasteiger partial charge in [-0.25, -0.2) is 9.78 Å². The lowest BCUT2D eigenvalue weighted by atomic mass is 10.2. The first kappa shape index (κ1) is 19.2. The van der Waals surface area contributed by atoms with Crippen molar-refractivity contribution in [3.05, 3.63) is 39.1 Å². The van der Waals surface area contributed by atoms with Crippen LogP contribution in [0, 0.1) is 6.92 Å². The first-order chi connectivity index (χ1) is 11.7. The van der Waals surface area contributed by atoms with Crippen LogP contribution in [0.15, 0.2) is 28.0 Å². The Bertz CT molecular complexity index is 826. The molecule has 2 aromatic rings. The Morgan fingerprint density at radius 3 is 2.80 bits per heavy atom. The molecule has 0 N–H and O–H groups in total. The van der Waals surface area contributed by atoms with Gasteiger partial charge in [0.05, 0.1) is 5.69 Å². The highest BCUT2D eigenvalue weighted by molar-refractivity contribution is 9.10. The lowest BCUT2D eigenvalue weighted by Crippen LogP contribution is -2.36. The molecule has 0 unspecified atom stereocenters. The summed E-state index contributed by atoms with van der Waals surface area (Å²) in [6.07, 6.45) is 2.78. The minimum absolute atomic E-state index is 0.176. The summed E-state index contributed by atoms with van der Waals surface area (Å²) in [5.74, 6) is 0. The quantitative estimate of drug-likeness (QED) is 0.377. The van der Waals surface area contributed by atoms with Gasteiger partial charge in [-0.05, 0) is 55.2 Å². The van der Waals surface area contributed by atoms with Gasteiger partial charge in [0.2, 0.25) is 0 Å². The molecule has 0 bridgehead atoms. The normalized spacial score (nSPS) is 10.9. The number of nitrogens with zero attached hydrogens (tertiary/aromatic N) is 6. The third-order valence-corrected chi connectivity index (χ3v) is 4.51. The molecule has 0 aliphatic rings. The van der Waals surface area contributed by atoms with Gasteiger partial charge < -0.3 is 4.74 Å². The topological polar surface area (TPSA) is 104 Å². The Kier molecular flexibility index (Phi) is 5.99.